The molecule has 13 heteroatoms. The Morgan fingerprint density at radius 1 is 0.674 bits per heavy atom. The lowest BCUT2D eigenvalue weighted by molar-refractivity contribution is -0.113. The van der Waals surface area contributed by atoms with Crippen molar-refractivity contribution >= 4 is 98.9 Å². The molecule has 0 spiro atoms. The van der Waals surface area contributed by atoms with E-state index in [9.17, 15) is 29.1 Å². The number of ketones is 2. The van der Waals surface area contributed by atoms with Gasteiger partial charge in [0.1, 0.15) is 0 Å². The molecule has 1 aliphatic rings. The van der Waals surface area contributed by atoms with Gasteiger partial charge in [0.15, 0.2) is 11.6 Å². The maximum Gasteiger partial charge on any atom is 0.338 e. The fourth-order valence-electron chi connectivity index (χ4n) is 4.46. The minimum Gasteiger partial charge on any atom is -0.478 e. The van der Waals surface area contributed by atoms with E-state index in [1.807, 2.05) is 0 Å². The summed E-state index contributed by atoms with van der Waals surface area (Å²) in [5.74, 6) is -3.44. The molecule has 43 heavy (non-hydrogen) atoms. The summed E-state index contributed by atoms with van der Waals surface area (Å²) in [5.41, 5.74) is 0.494. The van der Waals surface area contributed by atoms with E-state index in [0.29, 0.717) is 16.1 Å². The number of rotatable bonds is 7. The molecule has 0 saturated heterocycles. The molecule has 8 nitrogen and oxygen atoms in total. The van der Waals surface area contributed by atoms with Crippen LogP contribution in [0.4, 0.5) is 11.4 Å². The molecule has 0 saturated carbocycles. The lowest BCUT2D eigenvalue weighted by Crippen LogP contribution is -2.24. The fourth-order valence-corrected chi connectivity index (χ4v) is 6.18. The Bertz CT molecular complexity index is 1880. The lowest BCUT2D eigenvalue weighted by atomic mass is 9.83. The van der Waals surface area contributed by atoms with Crippen molar-refractivity contribution in [3.63, 3.8) is 0 Å². The monoisotopic (exact) mass is 672 g/mol. The van der Waals surface area contributed by atoms with Gasteiger partial charge in [-0.15, -0.1) is 11.8 Å². The Balaban J connectivity index is 1.26. The molecule has 4 aromatic rings. The average molecular weight is 674 g/mol. The molecule has 0 heterocycles. The maximum absolute atomic E-state index is 13.2. The van der Waals surface area contributed by atoms with Crippen molar-refractivity contribution < 1.29 is 29.1 Å². The predicted octanol–water partition coefficient (Wildman–Crippen LogP) is 7.76. The number of halogens is 4. The van der Waals surface area contributed by atoms with Crippen LogP contribution in [-0.2, 0) is 4.79 Å². The molecule has 1 aliphatic carbocycles. The van der Waals surface area contributed by atoms with Crippen LogP contribution in [0.3, 0.4) is 0 Å². The van der Waals surface area contributed by atoms with Crippen molar-refractivity contribution in [3.8, 4) is 0 Å². The van der Waals surface area contributed by atoms with Crippen LogP contribution in [0.15, 0.2) is 71.6 Å². The predicted molar refractivity (Wildman–Crippen MR) is 167 cm³/mol. The lowest BCUT2D eigenvalue weighted by Gasteiger charge is -2.20. The number of aromatic carboxylic acids is 1. The molecule has 0 fully saturated rings. The van der Waals surface area contributed by atoms with Gasteiger partial charge >= 0.3 is 5.97 Å². The second-order valence-corrected chi connectivity index (χ2v) is 11.6. The number of hydrogen-bond acceptors (Lipinski definition) is 6. The molecule has 0 aromatic heterocycles. The molecular formula is C30H16Cl4N2O6S. The standard InChI is InChI=1S/C30H16Cl4N2O6S/c31-23-21(22(30(41)42)24(32)26(34)25(23)33)29(40)35-13-8-10-14(11-9-13)43-12-19(37)36-18-7-3-6-17-20(18)28(39)16-5-2-1-4-15(16)27(17)38/h1-11H,12H2,(H,35,40)(H,36,37)(H,41,42). The van der Waals surface area contributed by atoms with E-state index in [1.54, 1.807) is 66.7 Å². The summed E-state index contributed by atoms with van der Waals surface area (Å²) in [4.78, 5) is 64.3. The van der Waals surface area contributed by atoms with Gasteiger partial charge in [-0.05, 0) is 30.3 Å². The highest BCUT2D eigenvalue weighted by Crippen LogP contribution is 2.42. The molecule has 0 bridgehead atoms. The molecule has 3 N–H and O–H groups in total. The minimum atomic E-state index is -1.52. The van der Waals surface area contributed by atoms with Crippen molar-refractivity contribution in [3.05, 3.63) is 120 Å². The van der Waals surface area contributed by atoms with E-state index in [2.05, 4.69) is 10.6 Å². The summed E-state index contributed by atoms with van der Waals surface area (Å²) in [7, 11) is 0. The summed E-state index contributed by atoms with van der Waals surface area (Å²) in [6.45, 7) is 0. The van der Waals surface area contributed by atoms with E-state index in [4.69, 9.17) is 46.4 Å². The van der Waals surface area contributed by atoms with E-state index in [-0.39, 0.29) is 54.8 Å². The van der Waals surface area contributed by atoms with Crippen LogP contribution in [0.25, 0.3) is 0 Å². The second-order valence-electron chi connectivity index (χ2n) is 9.06. The van der Waals surface area contributed by atoms with E-state index >= 15 is 0 Å². The first-order chi connectivity index (χ1) is 20.5. The van der Waals surface area contributed by atoms with Crippen LogP contribution in [0, 0.1) is 0 Å². The Kier molecular flexibility index (Phi) is 8.82. The van der Waals surface area contributed by atoms with Gasteiger partial charge < -0.3 is 15.7 Å². The summed E-state index contributed by atoms with van der Waals surface area (Å²) >= 11 is 25.3. The normalized spacial score (nSPS) is 11.9. The molecule has 216 valence electrons. The van der Waals surface area contributed by atoms with Crippen molar-refractivity contribution in [2.45, 2.75) is 4.90 Å². The van der Waals surface area contributed by atoms with Gasteiger partial charge in [0.2, 0.25) is 5.91 Å². The fraction of sp³-hybridized carbons (Fsp3) is 0.0333. The van der Waals surface area contributed by atoms with Gasteiger partial charge in [0.05, 0.1) is 48.2 Å². The molecule has 5 rings (SSSR count). The summed E-state index contributed by atoms with van der Waals surface area (Å²) in [6.07, 6.45) is 0. The van der Waals surface area contributed by atoms with E-state index in [1.165, 1.54) is 11.8 Å². The van der Waals surface area contributed by atoms with Crippen molar-refractivity contribution in [2.75, 3.05) is 16.4 Å². The highest BCUT2D eigenvalue weighted by molar-refractivity contribution is 8.00. The number of carboxylic acid groups (broad SMARTS) is 1. The van der Waals surface area contributed by atoms with Gasteiger partial charge in [0, 0.05) is 27.3 Å². The minimum absolute atomic E-state index is 0.0204. The van der Waals surface area contributed by atoms with Gasteiger partial charge in [0.25, 0.3) is 5.91 Å². The largest absolute Gasteiger partial charge is 0.478 e. The molecule has 4 aromatic carbocycles. The van der Waals surface area contributed by atoms with Crippen LogP contribution in [0.1, 0.15) is 52.6 Å². The number of anilines is 2. The highest BCUT2D eigenvalue weighted by atomic mass is 35.5. The number of carbonyl (C=O) groups excluding carboxylic acids is 4. The second kappa shape index (κ2) is 12.4. The molecule has 0 aliphatic heterocycles. The number of nitrogens with one attached hydrogen (secondary N) is 2. The third kappa shape index (κ3) is 5.87. The maximum atomic E-state index is 13.2. The van der Waals surface area contributed by atoms with Crippen molar-refractivity contribution in [1.82, 2.24) is 0 Å². The van der Waals surface area contributed by atoms with Crippen LogP contribution in [0.2, 0.25) is 20.1 Å². The number of amides is 2. The van der Waals surface area contributed by atoms with Crippen LogP contribution < -0.4 is 10.6 Å². The number of fused-ring (bicyclic) bond motifs is 2. The molecule has 2 amide bonds. The summed E-state index contributed by atoms with van der Waals surface area (Å²) < 4.78 is 0. The molecule has 0 radical (unpaired) electrons. The van der Waals surface area contributed by atoms with Crippen LogP contribution in [0.5, 0.6) is 0 Å². The first-order valence-electron chi connectivity index (χ1n) is 12.2. The summed E-state index contributed by atoms with van der Waals surface area (Å²) in [6, 6.07) is 17.6. The van der Waals surface area contributed by atoms with Gasteiger partial charge in [-0.1, -0.05) is 82.8 Å². The quantitative estimate of drug-likeness (QED) is 0.0915. The highest BCUT2D eigenvalue weighted by Gasteiger charge is 2.32. The van der Waals surface area contributed by atoms with Crippen LogP contribution >= 0.6 is 58.2 Å². The van der Waals surface area contributed by atoms with Gasteiger partial charge in [-0.3, -0.25) is 19.2 Å². The summed E-state index contributed by atoms with van der Waals surface area (Å²) in [5, 5.41) is 13.5. The first-order valence-corrected chi connectivity index (χ1v) is 14.7. The topological polar surface area (TPSA) is 130 Å². The van der Waals surface area contributed by atoms with E-state index in [0.717, 1.165) is 0 Å². The number of carbonyl (C=O) groups is 5. The zero-order valence-corrected chi connectivity index (χ0v) is 25.3. The van der Waals surface area contributed by atoms with Crippen molar-refractivity contribution in [1.29, 1.82) is 0 Å². The van der Waals surface area contributed by atoms with Crippen molar-refractivity contribution in [2.24, 2.45) is 0 Å². The molecule has 0 atom stereocenters. The number of hydrogen-bond donors (Lipinski definition) is 3. The zero-order chi connectivity index (χ0) is 31.0. The number of thioether (sulfide) groups is 1. The third-order valence-corrected chi connectivity index (χ3v) is 9.23. The van der Waals surface area contributed by atoms with Gasteiger partial charge in [-0.25, -0.2) is 4.79 Å². The average Bonchev–Trinajstić information content (AvgIpc) is 2.99. The third-order valence-electron chi connectivity index (χ3n) is 6.42. The SMILES string of the molecule is O=C(CSc1ccc(NC(=O)c2c(Cl)c(Cl)c(Cl)c(Cl)c2C(=O)O)cc1)Nc1cccc2c1C(=O)c1ccccc1C2=O. The first kappa shape index (κ1) is 30.6. The van der Waals surface area contributed by atoms with E-state index < -0.39 is 33.9 Å². The van der Waals surface area contributed by atoms with Gasteiger partial charge in [-0.2, -0.15) is 0 Å². The Morgan fingerprint density at radius 2 is 1.26 bits per heavy atom. The smallest absolute Gasteiger partial charge is 0.338 e. The zero-order valence-electron chi connectivity index (χ0n) is 21.5. The van der Waals surface area contributed by atoms with Crippen LogP contribution in [-0.4, -0.2) is 40.2 Å². The number of benzene rings is 4. The molecule has 0 unspecified atom stereocenters. The Morgan fingerprint density at radius 3 is 1.88 bits per heavy atom. The Hall–Kier alpha value is -3.86. The number of carboxylic acids is 1. The Labute approximate surface area is 268 Å². The molecular weight excluding hydrogens is 658 g/mol.